The van der Waals surface area contributed by atoms with E-state index in [0.29, 0.717) is 48.7 Å². The number of hydrogen-bond acceptors (Lipinski definition) is 4. The van der Waals surface area contributed by atoms with Gasteiger partial charge in [-0.25, -0.2) is 4.79 Å². The van der Waals surface area contributed by atoms with Crippen LogP contribution in [0.25, 0.3) is 6.08 Å². The van der Waals surface area contributed by atoms with Gasteiger partial charge in [-0.1, -0.05) is 29.3 Å². The first-order chi connectivity index (χ1) is 16.9. The predicted octanol–water partition coefficient (Wildman–Crippen LogP) is 2.95. The molecule has 8 nitrogen and oxygen atoms in total. The normalized spacial score (nSPS) is 20.6. The van der Waals surface area contributed by atoms with Gasteiger partial charge in [0.25, 0.3) is 0 Å². The summed E-state index contributed by atoms with van der Waals surface area (Å²) >= 11 is 12.0. The molecule has 0 aromatic heterocycles. The number of hydrogen-bond donors (Lipinski definition) is 1. The molecule has 4 amide bonds. The van der Waals surface area contributed by atoms with E-state index in [1.807, 2.05) is 9.80 Å². The van der Waals surface area contributed by atoms with Gasteiger partial charge in [0.1, 0.15) is 0 Å². The molecule has 3 heterocycles. The van der Waals surface area contributed by atoms with Crippen molar-refractivity contribution in [2.75, 3.05) is 58.9 Å². The minimum atomic E-state index is -0.111. The van der Waals surface area contributed by atoms with E-state index in [1.54, 1.807) is 29.2 Å². The van der Waals surface area contributed by atoms with Crippen molar-refractivity contribution in [3.05, 3.63) is 39.9 Å². The molecule has 0 spiro atoms. The van der Waals surface area contributed by atoms with Gasteiger partial charge in [0.15, 0.2) is 0 Å². The second kappa shape index (κ2) is 12.1. The summed E-state index contributed by atoms with van der Waals surface area (Å²) in [6.45, 7) is 6.68. The Hall–Kier alpha value is -2.29. The first-order valence-corrected chi connectivity index (χ1v) is 13.1. The summed E-state index contributed by atoms with van der Waals surface area (Å²) in [6, 6.07) is 5.63. The van der Waals surface area contributed by atoms with Crippen LogP contribution in [0.5, 0.6) is 0 Å². The van der Waals surface area contributed by atoms with E-state index in [1.165, 1.54) is 6.08 Å². The van der Waals surface area contributed by atoms with Crippen molar-refractivity contribution < 1.29 is 14.4 Å². The van der Waals surface area contributed by atoms with Crippen molar-refractivity contribution in [3.8, 4) is 0 Å². The van der Waals surface area contributed by atoms with E-state index in [-0.39, 0.29) is 17.8 Å². The number of nitrogens with one attached hydrogen (secondary N) is 1. The molecular formula is C25H33Cl2N5O3. The van der Waals surface area contributed by atoms with E-state index < -0.39 is 0 Å². The first-order valence-electron chi connectivity index (χ1n) is 12.4. The topological polar surface area (TPSA) is 76.2 Å². The molecule has 0 atom stereocenters. The zero-order valence-electron chi connectivity index (χ0n) is 19.9. The third-order valence-corrected chi connectivity index (χ3v) is 7.79. The molecule has 1 aromatic rings. The van der Waals surface area contributed by atoms with Crippen molar-refractivity contribution in [1.82, 2.24) is 24.9 Å². The Kier molecular flexibility index (Phi) is 8.92. The number of halogens is 2. The van der Waals surface area contributed by atoms with Gasteiger partial charge < -0.3 is 24.9 Å². The van der Waals surface area contributed by atoms with Crippen molar-refractivity contribution in [1.29, 1.82) is 0 Å². The number of urea groups is 1. The fourth-order valence-electron chi connectivity index (χ4n) is 4.99. The zero-order valence-corrected chi connectivity index (χ0v) is 21.4. The molecule has 4 rings (SSSR count). The van der Waals surface area contributed by atoms with Gasteiger partial charge in [0, 0.05) is 70.9 Å². The highest BCUT2D eigenvalue weighted by molar-refractivity contribution is 6.42. The number of rotatable bonds is 7. The van der Waals surface area contributed by atoms with E-state index in [4.69, 9.17) is 23.2 Å². The van der Waals surface area contributed by atoms with Gasteiger partial charge in [-0.3, -0.25) is 9.59 Å². The van der Waals surface area contributed by atoms with Gasteiger partial charge in [0.05, 0.1) is 10.0 Å². The number of piperidine rings is 1. The molecule has 0 bridgehead atoms. The Labute approximate surface area is 216 Å². The summed E-state index contributed by atoms with van der Waals surface area (Å²) in [6.07, 6.45) is 6.50. The highest BCUT2D eigenvalue weighted by atomic mass is 35.5. The van der Waals surface area contributed by atoms with Crippen molar-refractivity contribution in [2.24, 2.45) is 0 Å². The average Bonchev–Trinajstić information content (AvgIpc) is 3.20. The third kappa shape index (κ3) is 6.90. The maximum Gasteiger partial charge on any atom is 0.317 e. The summed E-state index contributed by atoms with van der Waals surface area (Å²) in [5.74, 6) is -0.00667. The number of amides is 4. The molecular weight excluding hydrogens is 489 g/mol. The lowest BCUT2D eigenvalue weighted by Crippen LogP contribution is -2.46. The van der Waals surface area contributed by atoms with Crippen LogP contribution in [0.2, 0.25) is 10.0 Å². The van der Waals surface area contributed by atoms with E-state index in [0.717, 1.165) is 57.5 Å². The van der Waals surface area contributed by atoms with Crippen molar-refractivity contribution >= 4 is 47.1 Å². The van der Waals surface area contributed by atoms with Gasteiger partial charge in [-0.2, -0.15) is 0 Å². The highest BCUT2D eigenvalue weighted by Crippen LogP contribution is 2.23. The van der Waals surface area contributed by atoms with Crippen LogP contribution in [-0.4, -0.2) is 102 Å². The second-order valence-electron chi connectivity index (χ2n) is 9.31. The smallest absolute Gasteiger partial charge is 0.317 e. The van der Waals surface area contributed by atoms with Crippen molar-refractivity contribution in [3.63, 3.8) is 0 Å². The zero-order chi connectivity index (χ0) is 24.8. The Balaban J connectivity index is 1.18. The van der Waals surface area contributed by atoms with Crippen LogP contribution in [0, 0.1) is 0 Å². The Morgan fingerprint density at radius 1 is 1.00 bits per heavy atom. The maximum atomic E-state index is 12.7. The molecule has 0 aliphatic carbocycles. The minimum absolute atomic E-state index is 0.0699. The van der Waals surface area contributed by atoms with Crippen LogP contribution in [0.3, 0.4) is 0 Å². The van der Waals surface area contributed by atoms with Crippen LogP contribution >= 0.6 is 23.2 Å². The van der Waals surface area contributed by atoms with Crippen molar-refractivity contribution in [2.45, 2.75) is 31.7 Å². The van der Waals surface area contributed by atoms with E-state index in [2.05, 4.69) is 10.2 Å². The lowest BCUT2D eigenvalue weighted by molar-refractivity contribution is -0.130. The lowest BCUT2D eigenvalue weighted by atomic mass is 10.0. The van der Waals surface area contributed by atoms with Gasteiger partial charge in [-0.05, 0) is 49.6 Å². The molecule has 1 aromatic carbocycles. The van der Waals surface area contributed by atoms with Crippen LogP contribution in [-0.2, 0) is 9.59 Å². The number of benzene rings is 1. The quantitative estimate of drug-likeness (QED) is 0.559. The summed E-state index contributed by atoms with van der Waals surface area (Å²) < 4.78 is 0. The Bertz CT molecular complexity index is 964. The summed E-state index contributed by atoms with van der Waals surface area (Å²) in [5.41, 5.74) is 0.799. The summed E-state index contributed by atoms with van der Waals surface area (Å²) in [5, 5.41) is 3.80. The fraction of sp³-hybridized carbons (Fsp3) is 0.560. The second-order valence-corrected chi connectivity index (χ2v) is 10.1. The van der Waals surface area contributed by atoms with Gasteiger partial charge >= 0.3 is 6.03 Å². The molecule has 0 radical (unpaired) electrons. The summed E-state index contributed by atoms with van der Waals surface area (Å²) in [7, 11) is 0. The van der Waals surface area contributed by atoms with Crippen LogP contribution < -0.4 is 5.32 Å². The lowest BCUT2D eigenvalue weighted by Gasteiger charge is -2.36. The molecule has 0 unspecified atom stereocenters. The number of nitrogens with zero attached hydrogens (tertiary/aromatic N) is 4. The van der Waals surface area contributed by atoms with Gasteiger partial charge in [0.2, 0.25) is 11.8 Å². The predicted molar refractivity (Wildman–Crippen MR) is 137 cm³/mol. The maximum absolute atomic E-state index is 12.7. The molecule has 3 saturated heterocycles. The van der Waals surface area contributed by atoms with Crippen LogP contribution in [0.15, 0.2) is 24.3 Å². The number of carbonyl (C=O) groups is 3. The molecule has 0 saturated carbocycles. The number of likely N-dealkylation sites (tertiary alicyclic amines) is 1. The standard InChI is InChI=1S/C25H33Cl2N5O3/c26-21-4-2-19(18-22(21)27)3-5-23(33)31-14-8-24(34)30(16-17-31)11-1-10-29-12-6-20(7-13-29)32-15-9-28-25(32)35/h2-5,18,20H,1,6-17H2,(H,28,35)/b5-3+. The molecule has 190 valence electrons. The van der Waals surface area contributed by atoms with Crippen LogP contribution in [0.1, 0.15) is 31.2 Å². The molecule has 1 N–H and O–H groups in total. The first kappa shape index (κ1) is 25.8. The SMILES string of the molecule is O=C(/C=C/c1ccc(Cl)c(Cl)c1)N1CCC(=O)N(CCCN2CCC(N3CCNC3=O)CC2)CC1. The minimum Gasteiger partial charge on any atom is -0.341 e. The third-order valence-electron chi connectivity index (χ3n) is 7.05. The highest BCUT2D eigenvalue weighted by Gasteiger charge is 2.30. The fourth-order valence-corrected chi connectivity index (χ4v) is 5.29. The summed E-state index contributed by atoms with van der Waals surface area (Å²) in [4.78, 5) is 45.2. The average molecular weight is 522 g/mol. The molecule has 10 heteroatoms. The Morgan fingerprint density at radius 3 is 2.51 bits per heavy atom. The Morgan fingerprint density at radius 2 is 1.80 bits per heavy atom. The van der Waals surface area contributed by atoms with Gasteiger partial charge in [-0.15, -0.1) is 0 Å². The molecule has 35 heavy (non-hydrogen) atoms. The number of carbonyl (C=O) groups excluding carboxylic acids is 3. The van der Waals surface area contributed by atoms with Crippen LogP contribution in [0.4, 0.5) is 4.79 Å². The molecule has 3 aliphatic heterocycles. The largest absolute Gasteiger partial charge is 0.341 e. The van der Waals surface area contributed by atoms with E-state index in [9.17, 15) is 14.4 Å². The molecule has 3 aliphatic rings. The van der Waals surface area contributed by atoms with E-state index >= 15 is 0 Å². The monoisotopic (exact) mass is 521 g/mol. The molecule has 3 fully saturated rings.